The van der Waals surface area contributed by atoms with Gasteiger partial charge in [0.25, 0.3) is 0 Å². The highest BCUT2D eigenvalue weighted by atomic mass is 32.2. The van der Waals surface area contributed by atoms with E-state index in [1.54, 1.807) is 0 Å². The first kappa shape index (κ1) is 13.2. The molecule has 0 spiro atoms. The summed E-state index contributed by atoms with van der Waals surface area (Å²) in [6.45, 7) is 3.41. The molecule has 0 aromatic heterocycles. The molecular formula is C13H23NO2S. The number of nitrogens with zero attached hydrogens (tertiary/aromatic N) is 1. The maximum atomic E-state index is 10.8. The number of hydrogen-bond acceptors (Lipinski definition) is 3. The number of thioether (sulfide) groups is 1. The summed E-state index contributed by atoms with van der Waals surface area (Å²) < 4.78 is 0. The Labute approximate surface area is 108 Å². The number of carboxylic acid groups (broad SMARTS) is 1. The maximum absolute atomic E-state index is 10.8. The van der Waals surface area contributed by atoms with Gasteiger partial charge in [-0.1, -0.05) is 6.92 Å². The van der Waals surface area contributed by atoms with Crippen molar-refractivity contribution < 1.29 is 9.90 Å². The van der Waals surface area contributed by atoms with Crippen LogP contribution in [0.1, 0.15) is 39.0 Å². The van der Waals surface area contributed by atoms with Crippen LogP contribution in [-0.4, -0.2) is 46.1 Å². The topological polar surface area (TPSA) is 40.5 Å². The molecule has 0 aromatic rings. The number of aliphatic carboxylic acids is 1. The van der Waals surface area contributed by atoms with E-state index in [-0.39, 0.29) is 0 Å². The van der Waals surface area contributed by atoms with Crippen molar-refractivity contribution in [1.82, 2.24) is 4.90 Å². The molecular weight excluding hydrogens is 234 g/mol. The van der Waals surface area contributed by atoms with Gasteiger partial charge in [-0.05, 0) is 37.4 Å². The lowest BCUT2D eigenvalue weighted by Gasteiger charge is -2.38. The third-order valence-electron chi connectivity index (χ3n) is 4.14. The van der Waals surface area contributed by atoms with E-state index in [0.717, 1.165) is 12.8 Å². The highest BCUT2D eigenvalue weighted by Gasteiger charge is 2.40. The number of hydrogen-bond donors (Lipinski definition) is 1. The standard InChI is InChI=1S/C13H23NO2S/c1-2-17-6-5-14-11-3-4-12(14)8-10(7-11)9-13(15)16/h10-12H,2-9H2,1H3,(H,15,16). The molecule has 2 atom stereocenters. The number of carboxylic acids is 1. The van der Waals surface area contributed by atoms with Crippen molar-refractivity contribution in [3.63, 3.8) is 0 Å². The molecule has 1 N–H and O–H groups in total. The first-order valence-corrected chi connectivity index (χ1v) is 7.91. The largest absolute Gasteiger partial charge is 0.481 e. The van der Waals surface area contributed by atoms with Crippen molar-refractivity contribution in [1.29, 1.82) is 0 Å². The van der Waals surface area contributed by atoms with Gasteiger partial charge in [0, 0.05) is 30.8 Å². The van der Waals surface area contributed by atoms with Gasteiger partial charge < -0.3 is 5.11 Å². The number of fused-ring (bicyclic) bond motifs is 2. The fraction of sp³-hybridized carbons (Fsp3) is 0.923. The van der Waals surface area contributed by atoms with Crippen molar-refractivity contribution in [2.24, 2.45) is 5.92 Å². The zero-order valence-corrected chi connectivity index (χ0v) is 11.4. The smallest absolute Gasteiger partial charge is 0.303 e. The normalized spacial score (nSPS) is 32.9. The minimum atomic E-state index is -0.621. The van der Waals surface area contributed by atoms with Crippen molar-refractivity contribution in [3.05, 3.63) is 0 Å². The minimum Gasteiger partial charge on any atom is -0.481 e. The summed E-state index contributed by atoms with van der Waals surface area (Å²) in [7, 11) is 0. The average molecular weight is 257 g/mol. The highest BCUT2D eigenvalue weighted by Crippen LogP contribution is 2.39. The molecule has 2 unspecified atom stereocenters. The van der Waals surface area contributed by atoms with Crippen molar-refractivity contribution in [2.75, 3.05) is 18.1 Å². The molecule has 2 aliphatic rings. The van der Waals surface area contributed by atoms with E-state index < -0.39 is 5.97 Å². The third-order valence-corrected chi connectivity index (χ3v) is 5.02. The highest BCUT2D eigenvalue weighted by molar-refractivity contribution is 7.99. The Morgan fingerprint density at radius 1 is 1.35 bits per heavy atom. The molecule has 3 nitrogen and oxygen atoms in total. The second-order valence-corrected chi connectivity index (χ2v) is 6.65. The molecule has 0 aliphatic carbocycles. The fourth-order valence-corrected chi connectivity index (χ4v) is 4.11. The van der Waals surface area contributed by atoms with Crippen LogP contribution in [0.15, 0.2) is 0 Å². The van der Waals surface area contributed by atoms with Gasteiger partial charge in [0.15, 0.2) is 0 Å². The monoisotopic (exact) mass is 257 g/mol. The van der Waals surface area contributed by atoms with E-state index in [1.165, 1.54) is 30.9 Å². The van der Waals surface area contributed by atoms with Crippen LogP contribution >= 0.6 is 11.8 Å². The molecule has 0 aromatic carbocycles. The molecule has 2 heterocycles. The summed E-state index contributed by atoms with van der Waals surface area (Å²) in [5, 5.41) is 8.88. The predicted molar refractivity (Wildman–Crippen MR) is 71.5 cm³/mol. The molecule has 17 heavy (non-hydrogen) atoms. The third kappa shape index (κ3) is 3.38. The van der Waals surface area contributed by atoms with Crippen molar-refractivity contribution in [3.8, 4) is 0 Å². The summed E-state index contributed by atoms with van der Waals surface area (Å²) >= 11 is 2.01. The molecule has 98 valence electrons. The van der Waals surface area contributed by atoms with Crippen LogP contribution in [0, 0.1) is 5.92 Å². The Balaban J connectivity index is 1.82. The van der Waals surface area contributed by atoms with Crippen molar-refractivity contribution in [2.45, 2.75) is 51.1 Å². The lowest BCUT2D eigenvalue weighted by Crippen LogP contribution is -2.44. The first-order chi connectivity index (χ1) is 8.20. The van der Waals surface area contributed by atoms with Gasteiger partial charge in [-0.3, -0.25) is 9.69 Å². The molecule has 0 saturated carbocycles. The quantitative estimate of drug-likeness (QED) is 0.742. The first-order valence-electron chi connectivity index (χ1n) is 6.76. The van der Waals surface area contributed by atoms with Crippen LogP contribution in [0.5, 0.6) is 0 Å². The molecule has 2 bridgehead atoms. The number of rotatable bonds is 6. The maximum Gasteiger partial charge on any atom is 0.303 e. The second-order valence-electron chi connectivity index (χ2n) is 5.26. The SMILES string of the molecule is CCSCCN1C2CCC1CC(CC(=O)O)C2. The molecule has 2 rings (SSSR count). The zero-order valence-electron chi connectivity index (χ0n) is 10.6. The molecule has 4 heteroatoms. The molecule has 0 amide bonds. The predicted octanol–water partition coefficient (Wildman–Crippen LogP) is 2.46. The Bertz CT molecular complexity index is 258. The lowest BCUT2D eigenvalue weighted by molar-refractivity contribution is -0.138. The van der Waals surface area contributed by atoms with Crippen LogP contribution in [0.2, 0.25) is 0 Å². The van der Waals surface area contributed by atoms with E-state index in [9.17, 15) is 4.79 Å². The second kappa shape index (κ2) is 6.10. The van der Waals surface area contributed by atoms with Gasteiger partial charge in [0.2, 0.25) is 0 Å². The van der Waals surface area contributed by atoms with E-state index in [4.69, 9.17) is 5.11 Å². The summed E-state index contributed by atoms with van der Waals surface area (Å²) in [6, 6.07) is 1.35. The van der Waals surface area contributed by atoms with Gasteiger partial charge in [0.05, 0.1) is 0 Å². The van der Waals surface area contributed by atoms with Crippen LogP contribution in [0.3, 0.4) is 0 Å². The summed E-state index contributed by atoms with van der Waals surface area (Å²) in [6.07, 6.45) is 5.18. The van der Waals surface area contributed by atoms with Crippen LogP contribution in [0.4, 0.5) is 0 Å². The average Bonchev–Trinajstić information content (AvgIpc) is 2.51. The number of piperidine rings is 1. The lowest BCUT2D eigenvalue weighted by atomic mass is 9.88. The van der Waals surface area contributed by atoms with Gasteiger partial charge in [-0.2, -0.15) is 11.8 Å². The van der Waals surface area contributed by atoms with Gasteiger partial charge in [-0.25, -0.2) is 0 Å². The van der Waals surface area contributed by atoms with Crippen LogP contribution < -0.4 is 0 Å². The van der Waals surface area contributed by atoms with E-state index in [2.05, 4.69) is 11.8 Å². The van der Waals surface area contributed by atoms with Gasteiger partial charge in [0.1, 0.15) is 0 Å². The summed E-state index contributed by atoms with van der Waals surface area (Å²) in [5.41, 5.74) is 0. The summed E-state index contributed by atoms with van der Waals surface area (Å²) in [4.78, 5) is 13.4. The van der Waals surface area contributed by atoms with Crippen LogP contribution in [0.25, 0.3) is 0 Å². The van der Waals surface area contributed by atoms with E-state index in [1.807, 2.05) is 11.8 Å². The molecule has 0 radical (unpaired) electrons. The van der Waals surface area contributed by atoms with E-state index >= 15 is 0 Å². The fourth-order valence-electron chi connectivity index (χ4n) is 3.48. The molecule has 2 aliphatic heterocycles. The Hall–Kier alpha value is -0.220. The van der Waals surface area contributed by atoms with E-state index in [0.29, 0.717) is 24.4 Å². The Kier molecular flexibility index (Phi) is 4.74. The van der Waals surface area contributed by atoms with Gasteiger partial charge in [-0.15, -0.1) is 0 Å². The minimum absolute atomic E-state index is 0.380. The van der Waals surface area contributed by atoms with Gasteiger partial charge >= 0.3 is 5.97 Å². The Morgan fingerprint density at radius 3 is 2.53 bits per heavy atom. The van der Waals surface area contributed by atoms with Crippen LogP contribution in [-0.2, 0) is 4.79 Å². The number of carbonyl (C=O) groups is 1. The summed E-state index contributed by atoms with van der Waals surface area (Å²) in [5.74, 6) is 2.24. The van der Waals surface area contributed by atoms with Crippen molar-refractivity contribution >= 4 is 17.7 Å². The zero-order chi connectivity index (χ0) is 12.3. The Morgan fingerprint density at radius 2 is 2.00 bits per heavy atom. The molecule has 2 saturated heterocycles. The molecule has 2 fully saturated rings.